The Labute approximate surface area is 196 Å². The van der Waals surface area contributed by atoms with E-state index in [0.29, 0.717) is 17.7 Å². The zero-order valence-electron chi connectivity index (χ0n) is 18.0. The van der Waals surface area contributed by atoms with Crippen molar-refractivity contribution in [1.82, 2.24) is 0 Å². The van der Waals surface area contributed by atoms with Crippen LogP contribution in [0.4, 0.5) is 0 Å². The summed E-state index contributed by atoms with van der Waals surface area (Å²) in [7, 11) is 0. The third-order valence-corrected chi connectivity index (χ3v) is 7.00. The second kappa shape index (κ2) is 8.69. The van der Waals surface area contributed by atoms with Crippen molar-refractivity contribution < 1.29 is 14.3 Å². The molecule has 1 unspecified atom stereocenters. The molecule has 0 saturated heterocycles. The first-order valence-electron chi connectivity index (χ1n) is 10.5. The summed E-state index contributed by atoms with van der Waals surface area (Å²) in [6.07, 6.45) is 1.20. The number of benzene rings is 2. The molecular formula is C26H26INO3. The van der Waals surface area contributed by atoms with Gasteiger partial charge in [0, 0.05) is 32.9 Å². The van der Waals surface area contributed by atoms with Crippen molar-refractivity contribution in [2.45, 2.75) is 46.1 Å². The zero-order valence-corrected chi connectivity index (χ0v) is 20.2. The van der Waals surface area contributed by atoms with Crippen molar-refractivity contribution in [2.75, 3.05) is 0 Å². The molecule has 5 heteroatoms. The van der Waals surface area contributed by atoms with Gasteiger partial charge < -0.3 is 4.74 Å². The van der Waals surface area contributed by atoms with Gasteiger partial charge in [0.2, 0.25) is 0 Å². The van der Waals surface area contributed by atoms with Crippen molar-refractivity contribution in [1.29, 1.82) is 0 Å². The van der Waals surface area contributed by atoms with Crippen LogP contribution in [-0.2, 0) is 20.9 Å². The average Bonchev–Trinajstić information content (AvgIpc) is 2.71. The molecular weight excluding hydrogens is 501 g/mol. The number of Topliss-reactive ketones (excluding diaryl/α,β-unsaturated/α-hetero) is 1. The Hall–Kier alpha value is -2.28. The summed E-state index contributed by atoms with van der Waals surface area (Å²) < 4.78 is 6.76. The quantitative estimate of drug-likeness (QED) is 0.370. The Bertz CT molecular complexity index is 1080. The normalized spacial score (nSPS) is 22.6. The van der Waals surface area contributed by atoms with E-state index < -0.39 is 5.92 Å². The number of hydrogen-bond acceptors (Lipinski definition) is 4. The molecule has 1 aliphatic heterocycles. The first kappa shape index (κ1) is 21.9. The molecule has 0 bridgehead atoms. The van der Waals surface area contributed by atoms with Crippen molar-refractivity contribution >= 4 is 40.1 Å². The fourth-order valence-electron chi connectivity index (χ4n) is 4.63. The van der Waals surface area contributed by atoms with Crippen LogP contribution >= 0.6 is 22.6 Å². The molecule has 0 saturated carbocycles. The number of ketones is 1. The molecule has 2 aliphatic rings. The highest BCUT2D eigenvalue weighted by molar-refractivity contribution is 14.1. The van der Waals surface area contributed by atoms with Gasteiger partial charge in [0.1, 0.15) is 12.5 Å². The van der Waals surface area contributed by atoms with Crippen LogP contribution in [0.15, 0.2) is 70.9 Å². The molecule has 0 amide bonds. The van der Waals surface area contributed by atoms with E-state index in [0.717, 1.165) is 26.8 Å². The molecule has 0 fully saturated rings. The molecule has 1 heterocycles. The standard InChI is InChI=1S/C26H26INO3/c1-16-22(25(30)31-15-17-9-5-4-6-10-17)23(18-11-7-8-12-19(18)27)24-20(28-16)13-26(2,3)14-21(24)29/h4-12,22-23H,13-15H2,1-3H3/t22?,23-/m0/s1. The van der Waals surface area contributed by atoms with Crippen molar-refractivity contribution in [2.24, 2.45) is 16.3 Å². The number of hydrogen-bond donors (Lipinski definition) is 0. The molecule has 2 aromatic carbocycles. The number of carbonyl (C=O) groups is 2. The smallest absolute Gasteiger partial charge is 0.315 e. The lowest BCUT2D eigenvalue weighted by atomic mass is 9.67. The second-order valence-corrected chi connectivity index (χ2v) is 10.3. The number of halogens is 1. The number of allylic oxidation sites excluding steroid dienone is 2. The maximum atomic E-state index is 13.3. The van der Waals surface area contributed by atoms with Gasteiger partial charge in [-0.3, -0.25) is 14.6 Å². The SMILES string of the molecule is CC1=NC2=C(C(=O)CC(C)(C)C2)[C@@H](c2ccccc2I)C1C(=O)OCc1ccccc1. The fraction of sp³-hybridized carbons (Fsp3) is 0.346. The third kappa shape index (κ3) is 4.52. The van der Waals surface area contributed by atoms with Crippen molar-refractivity contribution in [3.8, 4) is 0 Å². The van der Waals surface area contributed by atoms with Crippen LogP contribution in [0, 0.1) is 14.9 Å². The van der Waals surface area contributed by atoms with Gasteiger partial charge in [0.15, 0.2) is 5.78 Å². The van der Waals surface area contributed by atoms with E-state index in [9.17, 15) is 9.59 Å². The fourth-order valence-corrected chi connectivity index (χ4v) is 5.36. The number of esters is 1. The summed E-state index contributed by atoms with van der Waals surface area (Å²) in [6.45, 7) is 6.28. The summed E-state index contributed by atoms with van der Waals surface area (Å²) in [5.74, 6) is -1.22. The molecule has 160 valence electrons. The molecule has 31 heavy (non-hydrogen) atoms. The maximum absolute atomic E-state index is 13.3. The number of nitrogens with zero attached hydrogens (tertiary/aromatic N) is 1. The Morgan fingerprint density at radius 1 is 1.10 bits per heavy atom. The topological polar surface area (TPSA) is 55.7 Å². The molecule has 2 atom stereocenters. The minimum atomic E-state index is -0.608. The zero-order chi connectivity index (χ0) is 22.2. The van der Waals surface area contributed by atoms with Gasteiger partial charge >= 0.3 is 5.97 Å². The lowest BCUT2D eigenvalue weighted by molar-refractivity contribution is -0.148. The van der Waals surface area contributed by atoms with Crippen molar-refractivity contribution in [3.63, 3.8) is 0 Å². The van der Waals surface area contributed by atoms with Crippen molar-refractivity contribution in [3.05, 3.63) is 80.6 Å². The maximum Gasteiger partial charge on any atom is 0.315 e. The summed E-state index contributed by atoms with van der Waals surface area (Å²) in [5.41, 5.74) is 4.02. The van der Waals surface area contributed by atoms with Gasteiger partial charge in [-0.2, -0.15) is 0 Å². The average molecular weight is 527 g/mol. The number of ether oxygens (including phenoxy) is 1. The first-order valence-corrected chi connectivity index (χ1v) is 11.6. The third-order valence-electron chi connectivity index (χ3n) is 6.02. The van der Waals surface area contributed by atoms with E-state index in [2.05, 4.69) is 36.4 Å². The second-order valence-electron chi connectivity index (χ2n) is 9.12. The molecule has 0 spiro atoms. The van der Waals surface area contributed by atoms with E-state index in [1.807, 2.05) is 61.5 Å². The molecule has 1 aliphatic carbocycles. The highest BCUT2D eigenvalue weighted by atomic mass is 127. The summed E-state index contributed by atoms with van der Waals surface area (Å²) in [5, 5.41) is 0. The Morgan fingerprint density at radius 3 is 2.48 bits per heavy atom. The van der Waals surface area contributed by atoms with Crippen LogP contribution in [0.5, 0.6) is 0 Å². The van der Waals surface area contributed by atoms with Crippen LogP contribution in [0.25, 0.3) is 0 Å². The predicted octanol–water partition coefficient (Wildman–Crippen LogP) is 5.85. The minimum Gasteiger partial charge on any atom is -0.460 e. The summed E-state index contributed by atoms with van der Waals surface area (Å²) >= 11 is 2.29. The molecule has 0 aromatic heterocycles. The number of aliphatic imine (C=N–C) groups is 1. The number of rotatable bonds is 4. The first-order chi connectivity index (χ1) is 14.8. The molecule has 0 N–H and O–H groups in total. The van der Waals surface area contributed by atoms with E-state index in [1.165, 1.54) is 0 Å². The lowest BCUT2D eigenvalue weighted by Gasteiger charge is -2.39. The van der Waals surface area contributed by atoms with Crippen LogP contribution < -0.4 is 0 Å². The Morgan fingerprint density at radius 2 is 1.77 bits per heavy atom. The Kier molecular flexibility index (Phi) is 6.15. The largest absolute Gasteiger partial charge is 0.460 e. The van der Waals surface area contributed by atoms with Crippen LogP contribution in [-0.4, -0.2) is 17.5 Å². The molecule has 4 rings (SSSR count). The summed E-state index contributed by atoms with van der Waals surface area (Å²) in [6, 6.07) is 17.6. The minimum absolute atomic E-state index is 0.0908. The van der Waals surface area contributed by atoms with E-state index in [1.54, 1.807) is 0 Å². The molecule has 0 radical (unpaired) electrons. The molecule has 4 nitrogen and oxygen atoms in total. The van der Waals surface area contributed by atoms with Crippen LogP contribution in [0.2, 0.25) is 0 Å². The highest BCUT2D eigenvalue weighted by Gasteiger charge is 2.46. The van der Waals surface area contributed by atoms with Gasteiger partial charge in [-0.15, -0.1) is 0 Å². The number of carbonyl (C=O) groups excluding carboxylic acids is 2. The monoisotopic (exact) mass is 527 g/mol. The highest BCUT2D eigenvalue weighted by Crippen LogP contribution is 2.48. The van der Waals surface area contributed by atoms with Gasteiger partial charge in [-0.05, 0) is 58.5 Å². The van der Waals surface area contributed by atoms with Crippen LogP contribution in [0.3, 0.4) is 0 Å². The van der Waals surface area contributed by atoms with Gasteiger partial charge in [-0.1, -0.05) is 62.4 Å². The molecule has 2 aromatic rings. The van der Waals surface area contributed by atoms with E-state index >= 15 is 0 Å². The lowest BCUT2D eigenvalue weighted by Crippen LogP contribution is -2.39. The summed E-state index contributed by atoms with van der Waals surface area (Å²) in [4.78, 5) is 31.4. The Balaban J connectivity index is 1.75. The predicted molar refractivity (Wildman–Crippen MR) is 130 cm³/mol. The van der Waals surface area contributed by atoms with Gasteiger partial charge in [0.05, 0.1) is 0 Å². The van der Waals surface area contributed by atoms with E-state index in [4.69, 9.17) is 9.73 Å². The van der Waals surface area contributed by atoms with Gasteiger partial charge in [-0.25, -0.2) is 0 Å². The van der Waals surface area contributed by atoms with Gasteiger partial charge in [0.25, 0.3) is 0 Å². The van der Waals surface area contributed by atoms with Crippen LogP contribution in [0.1, 0.15) is 50.7 Å². The van der Waals surface area contributed by atoms with E-state index in [-0.39, 0.29) is 29.7 Å².